The molecule has 0 aromatic heterocycles. The second kappa shape index (κ2) is 6.48. The van der Waals surface area contributed by atoms with E-state index in [9.17, 15) is 4.79 Å². The number of methoxy groups -OCH3 is 2. The van der Waals surface area contributed by atoms with E-state index in [2.05, 4.69) is 6.07 Å². The van der Waals surface area contributed by atoms with Crippen LogP contribution in [0.25, 0.3) is 0 Å². The summed E-state index contributed by atoms with van der Waals surface area (Å²) in [6, 6.07) is 13.9. The van der Waals surface area contributed by atoms with Crippen LogP contribution in [0.5, 0.6) is 11.5 Å². The standard InChI is InChI=1S/C21H22N2O3/c1-13(24)23-21(15-7-10-16(25-2)11-8-15)17-12-9-14-5-4-6-18(26-3)19(14)20(17)22-23/h4-8,10-11,17,21H,9,12H2,1-3H3/t17-,21+/m1/s1. The van der Waals surface area contributed by atoms with E-state index in [0.717, 1.165) is 41.2 Å². The molecule has 0 spiro atoms. The first-order valence-electron chi connectivity index (χ1n) is 8.82. The Morgan fingerprint density at radius 1 is 1.12 bits per heavy atom. The van der Waals surface area contributed by atoms with Crippen molar-refractivity contribution in [2.24, 2.45) is 11.0 Å². The van der Waals surface area contributed by atoms with Crippen molar-refractivity contribution in [1.82, 2.24) is 5.01 Å². The van der Waals surface area contributed by atoms with Crippen molar-refractivity contribution in [2.75, 3.05) is 14.2 Å². The summed E-state index contributed by atoms with van der Waals surface area (Å²) >= 11 is 0. The monoisotopic (exact) mass is 350 g/mol. The molecular weight excluding hydrogens is 328 g/mol. The van der Waals surface area contributed by atoms with E-state index in [1.165, 1.54) is 5.56 Å². The predicted octanol–water partition coefficient (Wildman–Crippen LogP) is 3.57. The predicted molar refractivity (Wildman–Crippen MR) is 99.6 cm³/mol. The van der Waals surface area contributed by atoms with Crippen LogP contribution in [0.1, 0.15) is 36.1 Å². The van der Waals surface area contributed by atoms with Gasteiger partial charge in [0.1, 0.15) is 11.5 Å². The van der Waals surface area contributed by atoms with Gasteiger partial charge < -0.3 is 9.47 Å². The molecule has 0 saturated carbocycles. The molecule has 0 saturated heterocycles. The fourth-order valence-electron chi connectivity index (χ4n) is 4.10. The smallest absolute Gasteiger partial charge is 0.240 e. The average Bonchev–Trinajstić information content (AvgIpc) is 3.07. The Kier molecular flexibility index (Phi) is 4.15. The molecule has 134 valence electrons. The van der Waals surface area contributed by atoms with Crippen molar-refractivity contribution >= 4 is 11.6 Å². The van der Waals surface area contributed by atoms with Crippen molar-refractivity contribution < 1.29 is 14.3 Å². The number of hydrogen-bond acceptors (Lipinski definition) is 4. The van der Waals surface area contributed by atoms with Gasteiger partial charge in [-0.1, -0.05) is 24.3 Å². The van der Waals surface area contributed by atoms with Gasteiger partial charge >= 0.3 is 0 Å². The highest BCUT2D eigenvalue weighted by Gasteiger charge is 2.43. The molecule has 4 rings (SSSR count). The second-order valence-electron chi connectivity index (χ2n) is 6.71. The zero-order chi connectivity index (χ0) is 18.3. The van der Waals surface area contributed by atoms with Gasteiger partial charge in [-0.05, 0) is 42.2 Å². The molecule has 26 heavy (non-hydrogen) atoms. The fraction of sp³-hybridized carbons (Fsp3) is 0.333. The number of aryl methyl sites for hydroxylation is 1. The Morgan fingerprint density at radius 2 is 1.88 bits per heavy atom. The molecule has 2 atom stereocenters. The molecule has 0 unspecified atom stereocenters. The van der Waals surface area contributed by atoms with Crippen LogP contribution in [0, 0.1) is 5.92 Å². The van der Waals surface area contributed by atoms with Crippen LogP contribution in [0.4, 0.5) is 0 Å². The molecule has 2 aliphatic rings. The maximum absolute atomic E-state index is 12.3. The third kappa shape index (κ3) is 2.55. The minimum Gasteiger partial charge on any atom is -0.497 e. The molecule has 1 amide bonds. The quantitative estimate of drug-likeness (QED) is 0.850. The topological polar surface area (TPSA) is 51.1 Å². The summed E-state index contributed by atoms with van der Waals surface area (Å²) < 4.78 is 10.9. The third-order valence-electron chi connectivity index (χ3n) is 5.30. The van der Waals surface area contributed by atoms with Gasteiger partial charge in [0.05, 0.1) is 26.0 Å². The highest BCUT2D eigenvalue weighted by Crippen LogP contribution is 2.45. The number of carbonyl (C=O) groups is 1. The molecule has 0 fully saturated rings. The highest BCUT2D eigenvalue weighted by atomic mass is 16.5. The molecule has 5 nitrogen and oxygen atoms in total. The number of hydrazone groups is 1. The first kappa shape index (κ1) is 16.6. The molecule has 2 aromatic rings. The Balaban J connectivity index is 1.80. The van der Waals surface area contributed by atoms with Crippen LogP contribution in [-0.2, 0) is 11.2 Å². The van der Waals surface area contributed by atoms with Crippen molar-refractivity contribution in [3.05, 3.63) is 59.2 Å². The van der Waals surface area contributed by atoms with Gasteiger partial charge in [-0.2, -0.15) is 5.10 Å². The summed E-state index contributed by atoms with van der Waals surface area (Å²) in [6.07, 6.45) is 1.91. The van der Waals surface area contributed by atoms with Gasteiger partial charge in [-0.15, -0.1) is 0 Å². The van der Waals surface area contributed by atoms with E-state index in [4.69, 9.17) is 14.6 Å². The Labute approximate surface area is 153 Å². The Bertz CT molecular complexity index is 859. The maximum atomic E-state index is 12.3. The van der Waals surface area contributed by atoms with E-state index >= 15 is 0 Å². The van der Waals surface area contributed by atoms with Gasteiger partial charge in [0.2, 0.25) is 5.91 Å². The van der Waals surface area contributed by atoms with Gasteiger partial charge in [0.25, 0.3) is 0 Å². The van der Waals surface area contributed by atoms with E-state index in [1.807, 2.05) is 36.4 Å². The number of benzene rings is 2. The zero-order valence-corrected chi connectivity index (χ0v) is 15.2. The molecule has 5 heteroatoms. The molecule has 1 heterocycles. The lowest BCUT2D eigenvalue weighted by Crippen LogP contribution is -2.31. The largest absolute Gasteiger partial charge is 0.497 e. The van der Waals surface area contributed by atoms with E-state index in [1.54, 1.807) is 26.2 Å². The summed E-state index contributed by atoms with van der Waals surface area (Å²) in [5, 5.41) is 6.38. The van der Waals surface area contributed by atoms with Crippen LogP contribution < -0.4 is 9.47 Å². The highest BCUT2D eigenvalue weighted by molar-refractivity contribution is 6.08. The summed E-state index contributed by atoms with van der Waals surface area (Å²) in [5.74, 6) is 1.74. The third-order valence-corrected chi connectivity index (χ3v) is 5.30. The average molecular weight is 350 g/mol. The minimum atomic E-state index is -0.0912. The molecule has 1 aliphatic heterocycles. The second-order valence-corrected chi connectivity index (χ2v) is 6.71. The lowest BCUT2D eigenvalue weighted by Gasteiger charge is -2.29. The number of hydrogen-bond donors (Lipinski definition) is 0. The molecule has 0 radical (unpaired) electrons. The van der Waals surface area contributed by atoms with Gasteiger partial charge in [0, 0.05) is 18.4 Å². The van der Waals surface area contributed by atoms with Gasteiger partial charge in [0.15, 0.2) is 0 Å². The lowest BCUT2D eigenvalue weighted by molar-refractivity contribution is -0.131. The van der Waals surface area contributed by atoms with Crippen molar-refractivity contribution in [2.45, 2.75) is 25.8 Å². The van der Waals surface area contributed by atoms with Crippen molar-refractivity contribution in [1.29, 1.82) is 0 Å². The Hall–Kier alpha value is -2.82. The molecule has 1 aliphatic carbocycles. The minimum absolute atomic E-state index is 0.0517. The number of rotatable bonds is 3. The molecule has 2 aromatic carbocycles. The summed E-state index contributed by atoms with van der Waals surface area (Å²) in [4.78, 5) is 12.3. The summed E-state index contributed by atoms with van der Waals surface area (Å²) in [6.45, 7) is 1.57. The number of carbonyl (C=O) groups excluding carboxylic acids is 1. The van der Waals surface area contributed by atoms with E-state index in [0.29, 0.717) is 0 Å². The molecule has 0 bridgehead atoms. The van der Waals surface area contributed by atoms with Crippen LogP contribution in [-0.4, -0.2) is 30.8 Å². The van der Waals surface area contributed by atoms with Crippen LogP contribution >= 0.6 is 0 Å². The van der Waals surface area contributed by atoms with Crippen molar-refractivity contribution in [3.63, 3.8) is 0 Å². The van der Waals surface area contributed by atoms with Crippen LogP contribution in [0.2, 0.25) is 0 Å². The number of ether oxygens (including phenoxy) is 2. The maximum Gasteiger partial charge on any atom is 0.240 e. The zero-order valence-electron chi connectivity index (χ0n) is 15.2. The number of nitrogens with zero attached hydrogens (tertiary/aromatic N) is 2. The SMILES string of the molecule is COc1ccc([C@H]2[C@@H]3CCc4cccc(OC)c4C3=NN2C(C)=O)cc1. The molecule has 0 N–H and O–H groups in total. The van der Waals surface area contributed by atoms with Gasteiger partial charge in [-0.3, -0.25) is 4.79 Å². The number of amides is 1. The van der Waals surface area contributed by atoms with Crippen molar-refractivity contribution in [3.8, 4) is 11.5 Å². The normalized spacial score (nSPS) is 20.9. The van der Waals surface area contributed by atoms with Gasteiger partial charge in [-0.25, -0.2) is 5.01 Å². The first-order valence-corrected chi connectivity index (χ1v) is 8.82. The van der Waals surface area contributed by atoms with Crippen LogP contribution in [0.15, 0.2) is 47.6 Å². The molecular formula is C21H22N2O3. The Morgan fingerprint density at radius 3 is 2.54 bits per heavy atom. The first-order chi connectivity index (χ1) is 12.6. The summed E-state index contributed by atoms with van der Waals surface area (Å²) in [7, 11) is 3.33. The van der Waals surface area contributed by atoms with Crippen LogP contribution in [0.3, 0.4) is 0 Å². The van der Waals surface area contributed by atoms with E-state index in [-0.39, 0.29) is 17.9 Å². The fourth-order valence-corrected chi connectivity index (χ4v) is 4.10. The summed E-state index contributed by atoms with van der Waals surface area (Å²) in [5.41, 5.74) is 4.31. The van der Waals surface area contributed by atoms with E-state index < -0.39 is 0 Å². The number of fused-ring (bicyclic) bond motifs is 3. The lowest BCUT2D eigenvalue weighted by atomic mass is 9.77.